The number of benzene rings is 1. The van der Waals surface area contributed by atoms with E-state index in [9.17, 15) is 9.59 Å². The predicted molar refractivity (Wildman–Crippen MR) is 68.5 cm³/mol. The molecular weight excluding hydrogens is 230 g/mol. The number of carbonyl (C=O) groups excluding carboxylic acids is 2. The summed E-state index contributed by atoms with van der Waals surface area (Å²) in [5.41, 5.74) is 7.28. The second-order valence-corrected chi connectivity index (χ2v) is 4.35. The molecule has 2 amide bonds. The van der Waals surface area contributed by atoms with Crippen molar-refractivity contribution in [3.05, 3.63) is 29.8 Å². The number of likely N-dealkylation sites (N-methyl/N-ethyl adjacent to an activating group) is 1. The minimum absolute atomic E-state index is 0.404. The molecule has 2 rings (SSSR count). The number of nitrogens with two attached hydrogens (primary N) is 1. The zero-order valence-corrected chi connectivity index (χ0v) is 10.4. The van der Waals surface area contributed by atoms with E-state index in [1.807, 2.05) is 19.1 Å². The van der Waals surface area contributed by atoms with Crippen LogP contribution in [0.2, 0.25) is 0 Å². The maximum Gasteiger partial charge on any atom is 0.312 e. The lowest BCUT2D eigenvalue weighted by molar-refractivity contribution is -0.156. The van der Waals surface area contributed by atoms with Gasteiger partial charge in [-0.05, 0) is 24.6 Å². The summed E-state index contributed by atoms with van der Waals surface area (Å²) in [6.45, 7) is 4.11. The summed E-state index contributed by atoms with van der Waals surface area (Å²) < 4.78 is 0. The lowest BCUT2D eigenvalue weighted by Crippen LogP contribution is -2.53. The first-order chi connectivity index (χ1) is 8.61. The van der Waals surface area contributed by atoms with Gasteiger partial charge in [0.15, 0.2) is 0 Å². The predicted octanol–water partition coefficient (Wildman–Crippen LogP) is 0.459. The highest BCUT2D eigenvalue weighted by Crippen LogP contribution is 2.12. The van der Waals surface area contributed by atoms with Crippen LogP contribution >= 0.6 is 0 Å². The van der Waals surface area contributed by atoms with Crippen molar-refractivity contribution in [3.8, 4) is 0 Å². The fraction of sp³-hybridized carbons (Fsp3) is 0.385. The van der Waals surface area contributed by atoms with Crippen LogP contribution in [0.25, 0.3) is 0 Å². The number of anilines is 1. The fourth-order valence-corrected chi connectivity index (χ4v) is 2.01. The number of rotatable bonds is 3. The standard InChI is InChI=1S/C13H17N3O2/c1-2-15-7-8-16(13(18)12(15)17)9-10-3-5-11(14)6-4-10/h3-6H,2,7-9,14H2,1H3. The average Bonchev–Trinajstić information content (AvgIpc) is 2.38. The Balaban J connectivity index is 2.04. The highest BCUT2D eigenvalue weighted by Gasteiger charge is 2.31. The molecular formula is C13H17N3O2. The average molecular weight is 247 g/mol. The molecule has 5 nitrogen and oxygen atoms in total. The van der Waals surface area contributed by atoms with Crippen molar-refractivity contribution in [3.63, 3.8) is 0 Å². The van der Waals surface area contributed by atoms with Gasteiger partial charge in [0.25, 0.3) is 0 Å². The quantitative estimate of drug-likeness (QED) is 0.623. The summed E-state index contributed by atoms with van der Waals surface area (Å²) in [6, 6.07) is 7.34. The number of hydrogen-bond acceptors (Lipinski definition) is 3. The molecule has 0 atom stereocenters. The Morgan fingerprint density at radius 1 is 1.06 bits per heavy atom. The molecule has 0 aliphatic carbocycles. The van der Waals surface area contributed by atoms with Gasteiger partial charge in [0.2, 0.25) is 0 Å². The highest BCUT2D eigenvalue weighted by atomic mass is 16.2. The molecule has 1 heterocycles. The largest absolute Gasteiger partial charge is 0.399 e. The third kappa shape index (κ3) is 2.45. The molecule has 5 heteroatoms. The molecule has 1 aliphatic heterocycles. The third-order valence-corrected chi connectivity index (χ3v) is 3.13. The zero-order valence-electron chi connectivity index (χ0n) is 10.4. The van der Waals surface area contributed by atoms with E-state index in [2.05, 4.69) is 0 Å². The van der Waals surface area contributed by atoms with Crippen LogP contribution in [0, 0.1) is 0 Å². The molecule has 0 bridgehead atoms. The molecule has 1 aromatic carbocycles. The second kappa shape index (κ2) is 5.08. The molecule has 2 N–H and O–H groups in total. The maximum absolute atomic E-state index is 11.9. The first kappa shape index (κ1) is 12.4. The number of piperazine rings is 1. The molecule has 1 aliphatic rings. The Bertz CT molecular complexity index is 456. The van der Waals surface area contributed by atoms with E-state index in [1.165, 1.54) is 0 Å². The van der Waals surface area contributed by atoms with E-state index in [4.69, 9.17) is 5.73 Å². The summed E-state index contributed by atoms with van der Waals surface area (Å²) in [6.07, 6.45) is 0. The summed E-state index contributed by atoms with van der Waals surface area (Å²) in [7, 11) is 0. The number of hydrogen-bond donors (Lipinski definition) is 1. The summed E-state index contributed by atoms with van der Waals surface area (Å²) in [5, 5.41) is 0. The van der Waals surface area contributed by atoms with Crippen molar-refractivity contribution in [2.24, 2.45) is 0 Å². The van der Waals surface area contributed by atoms with Crippen molar-refractivity contribution >= 4 is 17.5 Å². The van der Waals surface area contributed by atoms with Crippen molar-refractivity contribution < 1.29 is 9.59 Å². The second-order valence-electron chi connectivity index (χ2n) is 4.35. The molecule has 1 aromatic rings. The Kier molecular flexibility index (Phi) is 3.50. The molecule has 0 spiro atoms. The third-order valence-electron chi connectivity index (χ3n) is 3.13. The minimum atomic E-state index is -0.417. The van der Waals surface area contributed by atoms with E-state index < -0.39 is 11.8 Å². The Hall–Kier alpha value is -2.04. The van der Waals surface area contributed by atoms with Crippen LogP contribution in [0.1, 0.15) is 12.5 Å². The molecule has 0 saturated carbocycles. The smallest absolute Gasteiger partial charge is 0.312 e. The van der Waals surface area contributed by atoms with Gasteiger partial charge in [0, 0.05) is 31.9 Å². The summed E-state index contributed by atoms with van der Waals surface area (Å²) >= 11 is 0. The van der Waals surface area contributed by atoms with Gasteiger partial charge in [0.1, 0.15) is 0 Å². The monoisotopic (exact) mass is 247 g/mol. The van der Waals surface area contributed by atoms with Gasteiger partial charge in [-0.3, -0.25) is 9.59 Å². The Labute approximate surface area is 106 Å². The van der Waals surface area contributed by atoms with Crippen molar-refractivity contribution in [2.45, 2.75) is 13.5 Å². The number of carbonyl (C=O) groups is 2. The van der Waals surface area contributed by atoms with Crippen LogP contribution in [0.5, 0.6) is 0 Å². The minimum Gasteiger partial charge on any atom is -0.399 e. The van der Waals surface area contributed by atoms with Crippen LogP contribution in [-0.2, 0) is 16.1 Å². The number of amides is 2. The van der Waals surface area contributed by atoms with Crippen LogP contribution < -0.4 is 5.73 Å². The first-order valence-corrected chi connectivity index (χ1v) is 6.04. The van der Waals surface area contributed by atoms with Gasteiger partial charge in [-0.25, -0.2) is 0 Å². The molecule has 0 radical (unpaired) electrons. The fourth-order valence-electron chi connectivity index (χ4n) is 2.01. The first-order valence-electron chi connectivity index (χ1n) is 6.04. The van der Waals surface area contributed by atoms with E-state index in [-0.39, 0.29) is 0 Å². The van der Waals surface area contributed by atoms with Gasteiger partial charge in [-0.1, -0.05) is 12.1 Å². The van der Waals surface area contributed by atoms with Crippen molar-refractivity contribution in [1.29, 1.82) is 0 Å². The molecule has 18 heavy (non-hydrogen) atoms. The normalized spacial score (nSPS) is 16.3. The Morgan fingerprint density at radius 2 is 1.61 bits per heavy atom. The highest BCUT2D eigenvalue weighted by molar-refractivity contribution is 6.35. The van der Waals surface area contributed by atoms with Crippen molar-refractivity contribution in [2.75, 3.05) is 25.4 Å². The zero-order chi connectivity index (χ0) is 13.1. The van der Waals surface area contributed by atoms with E-state index in [0.717, 1.165) is 5.56 Å². The van der Waals surface area contributed by atoms with E-state index in [0.29, 0.717) is 31.9 Å². The maximum atomic E-state index is 11.9. The molecule has 1 saturated heterocycles. The van der Waals surface area contributed by atoms with Crippen LogP contribution in [0.15, 0.2) is 24.3 Å². The summed E-state index contributed by atoms with van der Waals surface area (Å²) in [5.74, 6) is -0.820. The van der Waals surface area contributed by atoms with Gasteiger partial charge < -0.3 is 15.5 Å². The lowest BCUT2D eigenvalue weighted by atomic mass is 10.1. The van der Waals surface area contributed by atoms with Crippen molar-refractivity contribution in [1.82, 2.24) is 9.80 Å². The topological polar surface area (TPSA) is 66.6 Å². The molecule has 0 unspecified atom stereocenters. The van der Waals surface area contributed by atoms with Crippen LogP contribution in [0.3, 0.4) is 0 Å². The number of nitrogens with zero attached hydrogens (tertiary/aromatic N) is 2. The summed E-state index contributed by atoms with van der Waals surface area (Å²) in [4.78, 5) is 26.8. The van der Waals surface area contributed by atoms with Gasteiger partial charge in [-0.15, -0.1) is 0 Å². The van der Waals surface area contributed by atoms with Crippen LogP contribution in [-0.4, -0.2) is 41.2 Å². The van der Waals surface area contributed by atoms with E-state index in [1.54, 1.807) is 21.9 Å². The number of nitrogen functional groups attached to an aromatic ring is 1. The van der Waals surface area contributed by atoms with Crippen LogP contribution in [0.4, 0.5) is 5.69 Å². The van der Waals surface area contributed by atoms with Gasteiger partial charge in [-0.2, -0.15) is 0 Å². The lowest BCUT2D eigenvalue weighted by Gasteiger charge is -2.33. The van der Waals surface area contributed by atoms with Gasteiger partial charge in [0.05, 0.1) is 0 Å². The Morgan fingerprint density at radius 3 is 2.22 bits per heavy atom. The molecule has 96 valence electrons. The van der Waals surface area contributed by atoms with Gasteiger partial charge >= 0.3 is 11.8 Å². The molecule has 1 fully saturated rings. The SMILES string of the molecule is CCN1CCN(Cc2ccc(N)cc2)C(=O)C1=O. The van der Waals surface area contributed by atoms with E-state index >= 15 is 0 Å². The molecule has 0 aromatic heterocycles.